The maximum atomic E-state index is 5.67. The topological polar surface area (TPSA) is 0 Å². The van der Waals surface area contributed by atoms with Crippen molar-refractivity contribution in [1.29, 1.82) is 0 Å². The first-order valence-electron chi connectivity index (χ1n) is 2.54. The molecule has 0 aromatic heterocycles. The van der Waals surface area contributed by atoms with Crippen LogP contribution < -0.4 is 0 Å². The van der Waals surface area contributed by atoms with Crippen molar-refractivity contribution >= 4 is 15.4 Å². The van der Waals surface area contributed by atoms with Gasteiger partial charge in [-0.2, -0.15) is 0 Å². The first kappa shape index (κ1) is 11.3. The maximum absolute atomic E-state index is 5.67. The third-order valence-electron chi connectivity index (χ3n) is 1.18. The molecule has 0 N–H and O–H groups in total. The second-order valence-corrected chi connectivity index (χ2v) is 5.80. The lowest BCUT2D eigenvalue weighted by molar-refractivity contribution is 0.794. The summed E-state index contributed by atoms with van der Waals surface area (Å²) in [7, 11) is 5.12. The van der Waals surface area contributed by atoms with Crippen molar-refractivity contribution in [3.8, 4) is 0 Å². The van der Waals surface area contributed by atoms with Gasteiger partial charge < -0.3 is 0 Å². The predicted molar refractivity (Wildman–Crippen MR) is 46.5 cm³/mol. The molecule has 0 saturated heterocycles. The zero-order chi connectivity index (χ0) is 6.08. The molecule has 0 aromatic rings. The molecule has 48 valence electrons. The van der Waals surface area contributed by atoms with Crippen LogP contribution in [0.15, 0.2) is 0 Å². The first-order chi connectivity index (χ1) is 2.94. The highest BCUT2D eigenvalue weighted by atomic mass is 31.1. The van der Waals surface area contributed by atoms with Gasteiger partial charge in [0.1, 0.15) is 0 Å². The summed E-state index contributed by atoms with van der Waals surface area (Å²) in [5.74, 6) is 0. The smallest absolute Gasteiger partial charge is 0.0776 e. The molecule has 0 aliphatic carbocycles. The Morgan fingerprint density at radius 2 is 1.38 bits per heavy atom. The SMILES string of the molecule is C.[B][PH+](C)C(C)(C)C. The van der Waals surface area contributed by atoms with Crippen molar-refractivity contribution in [3.63, 3.8) is 0 Å². The van der Waals surface area contributed by atoms with E-state index in [4.69, 9.17) is 7.57 Å². The van der Waals surface area contributed by atoms with Crippen LogP contribution in [-0.2, 0) is 0 Å². The van der Waals surface area contributed by atoms with Crippen LogP contribution in [0.25, 0.3) is 0 Å². The molecule has 2 radical (unpaired) electrons. The third kappa shape index (κ3) is 4.65. The molecule has 0 spiro atoms. The zero-order valence-corrected chi connectivity index (χ0v) is 6.58. The van der Waals surface area contributed by atoms with E-state index in [1.54, 1.807) is 0 Å². The van der Waals surface area contributed by atoms with E-state index in [1.165, 1.54) is 0 Å². The first-order valence-corrected chi connectivity index (χ1v) is 4.62. The van der Waals surface area contributed by atoms with Crippen LogP contribution >= 0.6 is 7.80 Å². The Labute approximate surface area is 56.2 Å². The van der Waals surface area contributed by atoms with E-state index in [1.807, 2.05) is 0 Å². The van der Waals surface area contributed by atoms with E-state index in [0.717, 1.165) is 0 Å². The standard InChI is InChI=1S/C5H13BP.CH4/c1-5(2,3)7(4)6;/h7H,1-4H3;1H4/q+1;. The van der Waals surface area contributed by atoms with E-state index in [9.17, 15) is 0 Å². The molecule has 0 fully saturated rings. The molecule has 2 heteroatoms. The molecule has 1 unspecified atom stereocenters. The fourth-order valence-corrected chi connectivity index (χ4v) is 0. The average molecular weight is 131 g/mol. The molecule has 0 amide bonds. The minimum Gasteiger partial charge on any atom is -0.0776 e. The second-order valence-electron chi connectivity index (χ2n) is 2.93. The van der Waals surface area contributed by atoms with Gasteiger partial charge in [0, 0.05) is 6.66 Å². The lowest BCUT2D eigenvalue weighted by atomic mass is 10.3. The molecule has 0 nitrogen and oxygen atoms in total. The Morgan fingerprint density at radius 1 is 1.25 bits per heavy atom. The van der Waals surface area contributed by atoms with Crippen LogP contribution in [0.5, 0.6) is 0 Å². The number of hydrogen-bond donors (Lipinski definition) is 0. The van der Waals surface area contributed by atoms with Crippen LogP contribution in [0.1, 0.15) is 28.2 Å². The lowest BCUT2D eigenvalue weighted by Gasteiger charge is -2.15. The summed E-state index contributed by atoms with van der Waals surface area (Å²) in [6.07, 6.45) is 0. The molecular formula is C6H17BP+. The molecule has 1 atom stereocenters. The molecule has 0 aliphatic heterocycles. The Kier molecular flexibility index (Phi) is 4.96. The summed E-state index contributed by atoms with van der Waals surface area (Å²) in [5.41, 5.74) is 0. The van der Waals surface area contributed by atoms with Gasteiger partial charge in [-0.1, -0.05) is 15.2 Å². The highest BCUT2D eigenvalue weighted by Gasteiger charge is 2.20. The van der Waals surface area contributed by atoms with E-state index < -0.39 is 7.80 Å². The van der Waals surface area contributed by atoms with Gasteiger partial charge in [-0.3, -0.25) is 0 Å². The summed E-state index contributed by atoms with van der Waals surface area (Å²) in [6.45, 7) is 8.68. The van der Waals surface area contributed by atoms with Crippen molar-refractivity contribution in [2.75, 3.05) is 6.66 Å². The highest BCUT2D eigenvalue weighted by molar-refractivity contribution is 7.82. The molecule has 0 bridgehead atoms. The fraction of sp³-hybridized carbons (Fsp3) is 1.00. The summed E-state index contributed by atoms with van der Waals surface area (Å²) < 4.78 is 0. The maximum Gasteiger partial charge on any atom is 0.362 e. The molecule has 0 saturated carbocycles. The van der Waals surface area contributed by atoms with Crippen molar-refractivity contribution < 1.29 is 0 Å². The lowest BCUT2D eigenvalue weighted by Crippen LogP contribution is -2.09. The minimum absolute atomic E-state index is 0. The monoisotopic (exact) mass is 131 g/mol. The summed E-state index contributed by atoms with van der Waals surface area (Å²) >= 11 is 0. The molecule has 8 heavy (non-hydrogen) atoms. The summed E-state index contributed by atoms with van der Waals surface area (Å²) in [5, 5.41) is 0.380. The van der Waals surface area contributed by atoms with Crippen LogP contribution in [0.2, 0.25) is 0 Å². The average Bonchev–Trinajstić information content (AvgIpc) is 1.31. The Hall–Kier alpha value is 0.495. The van der Waals surface area contributed by atoms with E-state index in [0.29, 0.717) is 5.16 Å². The van der Waals surface area contributed by atoms with Gasteiger partial charge >= 0.3 is 7.57 Å². The van der Waals surface area contributed by atoms with Crippen molar-refractivity contribution in [2.24, 2.45) is 0 Å². The normalized spacial score (nSPS) is 14.5. The quantitative estimate of drug-likeness (QED) is 0.349. The minimum atomic E-state index is -0.550. The Balaban J connectivity index is 0. The Morgan fingerprint density at radius 3 is 1.38 bits per heavy atom. The van der Waals surface area contributed by atoms with Crippen LogP contribution in [-0.4, -0.2) is 19.4 Å². The van der Waals surface area contributed by atoms with Crippen molar-refractivity contribution in [2.45, 2.75) is 33.4 Å². The fourth-order valence-electron chi connectivity index (χ4n) is 0. The van der Waals surface area contributed by atoms with Crippen molar-refractivity contribution in [1.82, 2.24) is 0 Å². The largest absolute Gasteiger partial charge is 0.362 e. The van der Waals surface area contributed by atoms with Gasteiger partial charge in [0.05, 0.1) is 5.16 Å². The Bertz CT molecular complexity index is 54.0. The van der Waals surface area contributed by atoms with Gasteiger partial charge in [0.25, 0.3) is 0 Å². The van der Waals surface area contributed by atoms with Gasteiger partial charge in [-0.05, 0) is 20.8 Å². The van der Waals surface area contributed by atoms with E-state index >= 15 is 0 Å². The summed E-state index contributed by atoms with van der Waals surface area (Å²) in [6, 6.07) is 0. The predicted octanol–water partition coefficient (Wildman–Crippen LogP) is 2.35. The molecule has 0 heterocycles. The van der Waals surface area contributed by atoms with Gasteiger partial charge in [0.2, 0.25) is 0 Å². The van der Waals surface area contributed by atoms with Gasteiger partial charge in [-0.25, -0.2) is 0 Å². The molecule has 0 aliphatic rings. The van der Waals surface area contributed by atoms with Crippen LogP contribution in [0.3, 0.4) is 0 Å². The second kappa shape index (κ2) is 3.51. The van der Waals surface area contributed by atoms with Gasteiger partial charge in [-0.15, -0.1) is 0 Å². The molecule has 0 aromatic carbocycles. The van der Waals surface area contributed by atoms with Crippen LogP contribution in [0, 0.1) is 0 Å². The number of rotatable bonds is 0. The highest BCUT2D eigenvalue weighted by Crippen LogP contribution is 2.40. The number of hydrogen-bond acceptors (Lipinski definition) is 0. The summed E-state index contributed by atoms with van der Waals surface area (Å²) in [4.78, 5) is 0. The third-order valence-corrected chi connectivity index (χ3v) is 3.55. The van der Waals surface area contributed by atoms with Crippen LogP contribution in [0.4, 0.5) is 0 Å². The van der Waals surface area contributed by atoms with E-state index in [-0.39, 0.29) is 7.43 Å². The van der Waals surface area contributed by atoms with Gasteiger partial charge in [0.15, 0.2) is 0 Å². The molecule has 0 rings (SSSR count). The van der Waals surface area contributed by atoms with E-state index in [2.05, 4.69) is 27.4 Å². The van der Waals surface area contributed by atoms with Crippen molar-refractivity contribution in [3.05, 3.63) is 0 Å². The molecular weight excluding hydrogens is 114 g/mol. The zero-order valence-electron chi connectivity index (χ0n) is 5.58.